The first-order valence-corrected chi connectivity index (χ1v) is 7.24. The van der Waals surface area contributed by atoms with Gasteiger partial charge in [-0.05, 0) is 17.0 Å². The molecule has 4 nitrogen and oxygen atoms in total. The van der Waals surface area contributed by atoms with Crippen LogP contribution in [0.2, 0.25) is 0 Å². The molecule has 0 spiro atoms. The lowest BCUT2D eigenvalue weighted by Crippen LogP contribution is -2.22. The first-order chi connectivity index (χ1) is 10.2. The third-order valence-electron chi connectivity index (χ3n) is 2.71. The van der Waals surface area contributed by atoms with Crippen LogP contribution >= 0.6 is 11.3 Å². The number of ketones is 1. The minimum absolute atomic E-state index is 0.132. The standard InChI is InChI=1S/C16H15NO3S/c1-17(10-9-14(18)15-8-5-11-21-15)16(19)20-12-13-6-3-2-4-7-13/h2-11H,12H2,1H3. The van der Waals surface area contributed by atoms with Crippen LogP contribution < -0.4 is 0 Å². The largest absolute Gasteiger partial charge is 0.444 e. The lowest BCUT2D eigenvalue weighted by atomic mass is 10.2. The van der Waals surface area contributed by atoms with E-state index in [0.29, 0.717) is 4.88 Å². The minimum Gasteiger partial charge on any atom is -0.444 e. The van der Waals surface area contributed by atoms with E-state index in [-0.39, 0.29) is 12.4 Å². The van der Waals surface area contributed by atoms with Gasteiger partial charge in [-0.2, -0.15) is 0 Å². The van der Waals surface area contributed by atoms with Crippen molar-refractivity contribution in [3.8, 4) is 0 Å². The first-order valence-electron chi connectivity index (χ1n) is 6.36. The van der Waals surface area contributed by atoms with E-state index >= 15 is 0 Å². The molecule has 0 N–H and O–H groups in total. The number of ether oxygens (including phenoxy) is 1. The number of amides is 1. The number of nitrogens with zero attached hydrogens (tertiary/aromatic N) is 1. The Morgan fingerprint density at radius 3 is 2.62 bits per heavy atom. The maximum absolute atomic E-state index is 11.8. The van der Waals surface area contributed by atoms with Crippen LogP contribution in [0.4, 0.5) is 4.79 Å². The van der Waals surface area contributed by atoms with Gasteiger partial charge < -0.3 is 4.74 Å². The number of rotatable bonds is 5. The van der Waals surface area contributed by atoms with Gasteiger partial charge in [-0.3, -0.25) is 9.69 Å². The number of allylic oxidation sites excluding steroid dienone is 1. The first kappa shape index (κ1) is 15.0. The fraction of sp³-hybridized carbons (Fsp3) is 0.125. The zero-order valence-electron chi connectivity index (χ0n) is 11.6. The molecular formula is C16H15NO3S. The molecule has 2 aromatic rings. The highest BCUT2D eigenvalue weighted by atomic mass is 32.1. The lowest BCUT2D eigenvalue weighted by molar-refractivity contribution is 0.104. The molecule has 108 valence electrons. The summed E-state index contributed by atoms with van der Waals surface area (Å²) in [5.74, 6) is -0.132. The van der Waals surface area contributed by atoms with E-state index in [0.717, 1.165) is 5.56 Å². The second-order valence-corrected chi connectivity index (χ2v) is 5.26. The van der Waals surface area contributed by atoms with Gasteiger partial charge in [0.15, 0.2) is 5.78 Å². The van der Waals surface area contributed by atoms with Crippen molar-refractivity contribution in [2.45, 2.75) is 6.61 Å². The molecule has 0 aliphatic heterocycles. The van der Waals surface area contributed by atoms with Gasteiger partial charge in [-0.1, -0.05) is 36.4 Å². The number of hydrogen-bond acceptors (Lipinski definition) is 4. The van der Waals surface area contributed by atoms with E-state index in [4.69, 9.17) is 4.74 Å². The molecule has 1 aromatic carbocycles. The second-order valence-electron chi connectivity index (χ2n) is 4.31. The fourth-order valence-corrected chi connectivity index (χ4v) is 2.21. The van der Waals surface area contributed by atoms with Crippen molar-refractivity contribution < 1.29 is 14.3 Å². The molecule has 1 amide bonds. The maximum atomic E-state index is 11.8. The average molecular weight is 301 g/mol. The summed E-state index contributed by atoms with van der Waals surface area (Å²) >= 11 is 1.36. The SMILES string of the molecule is CN(C=CC(=O)c1cccs1)C(=O)OCc1ccccc1. The summed E-state index contributed by atoms with van der Waals surface area (Å²) in [6.07, 6.45) is 2.26. The highest BCUT2D eigenvalue weighted by Gasteiger charge is 2.08. The fourth-order valence-electron chi connectivity index (χ4n) is 1.56. The Hall–Kier alpha value is -2.40. The predicted molar refractivity (Wildman–Crippen MR) is 82.2 cm³/mol. The van der Waals surface area contributed by atoms with Crippen molar-refractivity contribution in [2.75, 3.05) is 7.05 Å². The van der Waals surface area contributed by atoms with E-state index < -0.39 is 6.09 Å². The van der Waals surface area contributed by atoms with Crippen molar-refractivity contribution in [1.82, 2.24) is 4.90 Å². The molecule has 0 unspecified atom stereocenters. The lowest BCUT2D eigenvalue weighted by Gasteiger charge is -2.12. The number of carbonyl (C=O) groups is 2. The summed E-state index contributed by atoms with van der Waals surface area (Å²) in [5.41, 5.74) is 0.915. The van der Waals surface area contributed by atoms with E-state index in [1.54, 1.807) is 13.1 Å². The number of carbonyl (C=O) groups excluding carboxylic acids is 2. The van der Waals surface area contributed by atoms with Gasteiger partial charge in [0.2, 0.25) is 0 Å². The monoisotopic (exact) mass is 301 g/mol. The van der Waals surface area contributed by atoms with E-state index in [1.165, 1.54) is 28.5 Å². The molecule has 0 atom stereocenters. The third-order valence-corrected chi connectivity index (χ3v) is 3.59. The summed E-state index contributed by atoms with van der Waals surface area (Å²) in [4.78, 5) is 25.4. The average Bonchev–Trinajstić information content (AvgIpc) is 3.05. The second kappa shape index (κ2) is 7.40. The Labute approximate surface area is 127 Å². The van der Waals surface area contributed by atoms with Gasteiger partial charge >= 0.3 is 6.09 Å². The normalized spacial score (nSPS) is 10.5. The summed E-state index contributed by atoms with van der Waals surface area (Å²) in [5, 5.41) is 1.83. The van der Waals surface area contributed by atoms with Crippen LogP contribution in [-0.4, -0.2) is 23.8 Å². The number of hydrogen-bond donors (Lipinski definition) is 0. The van der Waals surface area contributed by atoms with E-state index in [2.05, 4.69) is 0 Å². The highest BCUT2D eigenvalue weighted by molar-refractivity contribution is 7.12. The topological polar surface area (TPSA) is 46.6 Å². The summed E-state index contributed by atoms with van der Waals surface area (Å²) in [6, 6.07) is 13.0. The summed E-state index contributed by atoms with van der Waals surface area (Å²) in [6.45, 7) is 0.205. The number of benzene rings is 1. The van der Waals surface area contributed by atoms with Crippen molar-refractivity contribution in [2.24, 2.45) is 0 Å². The molecule has 21 heavy (non-hydrogen) atoms. The Morgan fingerprint density at radius 2 is 1.95 bits per heavy atom. The van der Waals surface area contributed by atoms with Crippen LogP contribution in [0.1, 0.15) is 15.2 Å². The molecular weight excluding hydrogens is 286 g/mol. The van der Waals surface area contributed by atoms with Crippen LogP contribution in [0.25, 0.3) is 0 Å². The number of thiophene rings is 1. The van der Waals surface area contributed by atoms with Crippen LogP contribution in [0.3, 0.4) is 0 Å². The van der Waals surface area contributed by atoms with Gasteiger partial charge in [0.25, 0.3) is 0 Å². The molecule has 0 radical (unpaired) electrons. The highest BCUT2D eigenvalue weighted by Crippen LogP contribution is 2.10. The molecule has 0 aliphatic carbocycles. The van der Waals surface area contributed by atoms with Crippen molar-refractivity contribution in [3.63, 3.8) is 0 Å². The molecule has 0 saturated heterocycles. The molecule has 0 fully saturated rings. The van der Waals surface area contributed by atoms with E-state index in [9.17, 15) is 9.59 Å². The van der Waals surface area contributed by atoms with Gasteiger partial charge in [0.1, 0.15) is 6.61 Å². The Morgan fingerprint density at radius 1 is 1.19 bits per heavy atom. The van der Waals surface area contributed by atoms with Gasteiger partial charge in [0, 0.05) is 19.3 Å². The molecule has 1 aromatic heterocycles. The van der Waals surface area contributed by atoms with Gasteiger partial charge in [0.05, 0.1) is 4.88 Å². The molecule has 1 heterocycles. The van der Waals surface area contributed by atoms with E-state index in [1.807, 2.05) is 41.8 Å². The van der Waals surface area contributed by atoms with Crippen molar-refractivity contribution >= 4 is 23.2 Å². The molecule has 0 aliphatic rings. The zero-order chi connectivity index (χ0) is 15.1. The van der Waals surface area contributed by atoms with Crippen LogP contribution in [0.15, 0.2) is 60.1 Å². The smallest absolute Gasteiger partial charge is 0.413 e. The Bertz CT molecular complexity index is 620. The molecule has 0 saturated carbocycles. The van der Waals surface area contributed by atoms with Crippen molar-refractivity contribution in [3.05, 3.63) is 70.6 Å². The Kier molecular flexibility index (Phi) is 5.29. The third kappa shape index (κ3) is 4.57. The summed E-state index contributed by atoms with van der Waals surface area (Å²) in [7, 11) is 1.55. The minimum atomic E-state index is -0.505. The predicted octanol–water partition coefficient (Wildman–Crippen LogP) is 3.71. The summed E-state index contributed by atoms with van der Waals surface area (Å²) < 4.78 is 5.14. The van der Waals surface area contributed by atoms with Gasteiger partial charge in [-0.15, -0.1) is 11.3 Å². The van der Waals surface area contributed by atoms with Crippen LogP contribution in [0.5, 0.6) is 0 Å². The maximum Gasteiger partial charge on any atom is 0.413 e. The molecule has 5 heteroatoms. The van der Waals surface area contributed by atoms with Crippen molar-refractivity contribution in [1.29, 1.82) is 0 Å². The van der Waals surface area contributed by atoms with Crippen LogP contribution in [0, 0.1) is 0 Å². The molecule has 2 rings (SSSR count). The Balaban J connectivity index is 1.83. The quantitative estimate of drug-likeness (QED) is 0.624. The van der Waals surface area contributed by atoms with Gasteiger partial charge in [-0.25, -0.2) is 4.79 Å². The zero-order valence-corrected chi connectivity index (χ0v) is 12.4. The molecule has 0 bridgehead atoms. The van der Waals surface area contributed by atoms with Crippen LogP contribution in [-0.2, 0) is 11.3 Å².